The van der Waals surface area contributed by atoms with Crippen molar-refractivity contribution in [1.29, 1.82) is 0 Å². The van der Waals surface area contributed by atoms with Crippen LogP contribution >= 0.6 is 0 Å². The first-order chi connectivity index (χ1) is 7.31. The molecule has 0 heterocycles. The first-order valence-corrected chi connectivity index (χ1v) is 5.65. The second-order valence-electron chi connectivity index (χ2n) is 4.76. The Morgan fingerprint density at radius 1 is 1.19 bits per heavy atom. The maximum absolute atomic E-state index is 11.3. The summed E-state index contributed by atoms with van der Waals surface area (Å²) < 4.78 is 0. The largest absolute Gasteiger partial charge is 0.370 e. The fraction of sp³-hybridized carbons (Fsp3) is 0.818. The molecule has 0 aliphatic carbocycles. The summed E-state index contributed by atoms with van der Waals surface area (Å²) in [5.41, 5.74) is 10.4. The molecule has 0 unspecified atom stereocenters. The third-order valence-electron chi connectivity index (χ3n) is 2.17. The zero-order chi connectivity index (χ0) is 12.6. The number of primary amides is 1. The first kappa shape index (κ1) is 14.9. The number of rotatable bonds is 8. The van der Waals surface area contributed by atoms with Crippen LogP contribution in [0.1, 0.15) is 46.0 Å². The van der Waals surface area contributed by atoms with Crippen molar-refractivity contribution in [1.82, 2.24) is 5.32 Å². The lowest BCUT2D eigenvalue weighted by molar-refractivity contribution is -0.121. The van der Waals surface area contributed by atoms with E-state index in [0.29, 0.717) is 25.8 Å². The number of unbranched alkanes of at least 4 members (excludes halogenated alkanes) is 1. The van der Waals surface area contributed by atoms with E-state index >= 15 is 0 Å². The summed E-state index contributed by atoms with van der Waals surface area (Å²) in [6.07, 6.45) is 2.99. The molecule has 16 heavy (non-hydrogen) atoms. The van der Waals surface area contributed by atoms with Crippen LogP contribution in [-0.4, -0.2) is 23.9 Å². The second-order valence-corrected chi connectivity index (χ2v) is 4.76. The van der Waals surface area contributed by atoms with Crippen molar-refractivity contribution < 1.29 is 9.59 Å². The summed E-state index contributed by atoms with van der Waals surface area (Å²) in [6, 6.07) is 0. The van der Waals surface area contributed by atoms with Gasteiger partial charge in [0.15, 0.2) is 0 Å². The van der Waals surface area contributed by atoms with Crippen molar-refractivity contribution in [2.45, 2.75) is 51.5 Å². The maximum Gasteiger partial charge on any atom is 0.220 e. The van der Waals surface area contributed by atoms with E-state index in [2.05, 4.69) is 5.32 Å². The molecular weight excluding hydrogens is 206 g/mol. The minimum absolute atomic E-state index is 0.0117. The van der Waals surface area contributed by atoms with Gasteiger partial charge in [0.25, 0.3) is 0 Å². The van der Waals surface area contributed by atoms with Crippen molar-refractivity contribution >= 4 is 11.8 Å². The smallest absolute Gasteiger partial charge is 0.220 e. The molecule has 2 amide bonds. The van der Waals surface area contributed by atoms with E-state index in [9.17, 15) is 9.59 Å². The van der Waals surface area contributed by atoms with E-state index in [1.165, 1.54) is 0 Å². The highest BCUT2D eigenvalue weighted by Crippen LogP contribution is 2.06. The quantitative estimate of drug-likeness (QED) is 0.521. The molecule has 0 aromatic carbocycles. The monoisotopic (exact) mass is 229 g/mol. The molecule has 0 aromatic rings. The van der Waals surface area contributed by atoms with Gasteiger partial charge in [0.1, 0.15) is 0 Å². The van der Waals surface area contributed by atoms with Gasteiger partial charge in [-0.1, -0.05) is 0 Å². The highest BCUT2D eigenvalue weighted by molar-refractivity contribution is 5.76. The van der Waals surface area contributed by atoms with Crippen molar-refractivity contribution in [2.75, 3.05) is 6.54 Å². The second kappa shape index (κ2) is 7.22. The van der Waals surface area contributed by atoms with Crippen LogP contribution in [0, 0.1) is 0 Å². The predicted octanol–water partition coefficient (Wildman–Crippen LogP) is 0.276. The third kappa shape index (κ3) is 11.0. The lowest BCUT2D eigenvalue weighted by Gasteiger charge is -2.17. The Morgan fingerprint density at radius 3 is 2.31 bits per heavy atom. The zero-order valence-electron chi connectivity index (χ0n) is 10.2. The lowest BCUT2D eigenvalue weighted by Crippen LogP contribution is -2.34. The van der Waals surface area contributed by atoms with Crippen LogP contribution in [0.15, 0.2) is 0 Å². The molecule has 5 nitrogen and oxygen atoms in total. The van der Waals surface area contributed by atoms with Crippen molar-refractivity contribution in [3.8, 4) is 0 Å². The number of carbonyl (C=O) groups is 2. The van der Waals surface area contributed by atoms with E-state index < -0.39 is 0 Å². The molecule has 0 atom stereocenters. The third-order valence-corrected chi connectivity index (χ3v) is 2.17. The average Bonchev–Trinajstić information content (AvgIpc) is 2.12. The molecule has 0 saturated heterocycles. The summed E-state index contributed by atoms with van der Waals surface area (Å²) >= 11 is 0. The standard InChI is InChI=1S/C11H23N3O2/c1-11(2,13)7-6-10(16)14-8-4-3-5-9(12)15/h3-8,13H2,1-2H3,(H2,12,15)(H,14,16). The Hall–Kier alpha value is -1.10. The number of amides is 2. The van der Waals surface area contributed by atoms with Crippen molar-refractivity contribution in [2.24, 2.45) is 11.5 Å². The minimum Gasteiger partial charge on any atom is -0.370 e. The van der Waals surface area contributed by atoms with Crippen LogP contribution in [0.2, 0.25) is 0 Å². The summed E-state index contributed by atoms with van der Waals surface area (Å²) in [5, 5.41) is 2.78. The van der Waals surface area contributed by atoms with E-state index in [1.807, 2.05) is 13.8 Å². The van der Waals surface area contributed by atoms with Crippen LogP contribution in [-0.2, 0) is 9.59 Å². The number of hydrogen-bond donors (Lipinski definition) is 3. The van der Waals surface area contributed by atoms with Gasteiger partial charge in [0.05, 0.1) is 0 Å². The Kier molecular flexibility index (Phi) is 6.72. The molecular formula is C11H23N3O2. The van der Waals surface area contributed by atoms with Gasteiger partial charge in [-0.05, 0) is 33.1 Å². The molecule has 0 fully saturated rings. The van der Waals surface area contributed by atoms with Gasteiger partial charge < -0.3 is 16.8 Å². The summed E-state index contributed by atoms with van der Waals surface area (Å²) in [6.45, 7) is 4.39. The molecule has 0 aliphatic heterocycles. The Balaban J connectivity index is 3.41. The Morgan fingerprint density at radius 2 is 1.81 bits per heavy atom. The predicted molar refractivity (Wildman–Crippen MR) is 63.6 cm³/mol. The fourth-order valence-corrected chi connectivity index (χ4v) is 1.18. The van der Waals surface area contributed by atoms with Crippen LogP contribution in [0.5, 0.6) is 0 Å². The molecule has 0 spiro atoms. The lowest BCUT2D eigenvalue weighted by atomic mass is 10.00. The molecule has 0 aromatic heterocycles. The zero-order valence-corrected chi connectivity index (χ0v) is 10.2. The fourth-order valence-electron chi connectivity index (χ4n) is 1.18. The first-order valence-electron chi connectivity index (χ1n) is 5.65. The van der Waals surface area contributed by atoms with Gasteiger partial charge in [-0.15, -0.1) is 0 Å². The summed E-state index contributed by atoms with van der Waals surface area (Å²) in [4.78, 5) is 21.8. The SMILES string of the molecule is CC(C)(N)CCC(=O)NCCCCC(N)=O. The molecule has 5 heteroatoms. The van der Waals surface area contributed by atoms with Crippen LogP contribution in [0.4, 0.5) is 0 Å². The summed E-state index contributed by atoms with van der Waals surface area (Å²) in [7, 11) is 0. The topological polar surface area (TPSA) is 98.2 Å². The van der Waals surface area contributed by atoms with E-state index in [-0.39, 0.29) is 17.4 Å². The van der Waals surface area contributed by atoms with Crippen LogP contribution in [0.25, 0.3) is 0 Å². The van der Waals surface area contributed by atoms with E-state index in [4.69, 9.17) is 11.5 Å². The highest BCUT2D eigenvalue weighted by atomic mass is 16.1. The van der Waals surface area contributed by atoms with Crippen molar-refractivity contribution in [3.05, 3.63) is 0 Å². The molecule has 94 valence electrons. The molecule has 0 radical (unpaired) electrons. The van der Waals surface area contributed by atoms with Gasteiger partial charge in [0.2, 0.25) is 11.8 Å². The van der Waals surface area contributed by atoms with E-state index in [1.54, 1.807) is 0 Å². The molecule has 5 N–H and O–H groups in total. The van der Waals surface area contributed by atoms with E-state index in [0.717, 1.165) is 12.8 Å². The normalized spacial score (nSPS) is 11.2. The Labute approximate surface area is 96.9 Å². The minimum atomic E-state index is -0.302. The highest BCUT2D eigenvalue weighted by Gasteiger charge is 2.12. The number of nitrogens with two attached hydrogens (primary N) is 2. The van der Waals surface area contributed by atoms with Gasteiger partial charge in [-0.3, -0.25) is 9.59 Å². The van der Waals surface area contributed by atoms with Crippen LogP contribution in [0.3, 0.4) is 0 Å². The maximum atomic E-state index is 11.3. The molecule has 0 bridgehead atoms. The molecule has 0 rings (SSSR count). The number of hydrogen-bond acceptors (Lipinski definition) is 3. The van der Waals surface area contributed by atoms with Gasteiger partial charge in [0, 0.05) is 24.9 Å². The van der Waals surface area contributed by atoms with Gasteiger partial charge in [-0.25, -0.2) is 0 Å². The molecule has 0 aliphatic rings. The summed E-state index contributed by atoms with van der Waals surface area (Å²) in [5.74, 6) is -0.284. The van der Waals surface area contributed by atoms with Crippen molar-refractivity contribution in [3.63, 3.8) is 0 Å². The number of nitrogens with one attached hydrogen (secondary N) is 1. The van der Waals surface area contributed by atoms with Gasteiger partial charge in [-0.2, -0.15) is 0 Å². The van der Waals surface area contributed by atoms with Gasteiger partial charge >= 0.3 is 0 Å². The average molecular weight is 229 g/mol. The molecule has 0 saturated carbocycles. The van der Waals surface area contributed by atoms with Crippen LogP contribution < -0.4 is 16.8 Å². The Bertz CT molecular complexity index is 234. The number of carbonyl (C=O) groups excluding carboxylic acids is 2.